The van der Waals surface area contributed by atoms with Crippen molar-refractivity contribution in [2.45, 2.75) is 26.3 Å². The summed E-state index contributed by atoms with van der Waals surface area (Å²) in [7, 11) is 1.81. The van der Waals surface area contributed by atoms with E-state index in [0.717, 1.165) is 13.0 Å². The Morgan fingerprint density at radius 2 is 2.31 bits per heavy atom. The Morgan fingerprint density at radius 3 is 2.81 bits per heavy atom. The number of carbonyl (C=O) groups is 2. The van der Waals surface area contributed by atoms with Crippen LogP contribution < -0.4 is 10.6 Å². The smallest absolute Gasteiger partial charge is 0.241 e. The van der Waals surface area contributed by atoms with Crippen LogP contribution in [0.3, 0.4) is 0 Å². The highest BCUT2D eigenvalue weighted by Crippen LogP contribution is 2.04. The molecule has 1 saturated heterocycles. The van der Waals surface area contributed by atoms with Crippen LogP contribution in [-0.4, -0.2) is 49.4 Å². The van der Waals surface area contributed by atoms with Gasteiger partial charge in [-0.05, 0) is 5.92 Å². The third-order valence-corrected chi connectivity index (χ3v) is 2.97. The van der Waals surface area contributed by atoms with E-state index in [0.29, 0.717) is 12.5 Å². The second kappa shape index (κ2) is 5.84. The van der Waals surface area contributed by atoms with Gasteiger partial charge in [-0.15, -0.1) is 0 Å². The molecule has 2 N–H and O–H groups in total. The van der Waals surface area contributed by atoms with Gasteiger partial charge >= 0.3 is 0 Å². The van der Waals surface area contributed by atoms with Crippen LogP contribution >= 0.6 is 0 Å². The lowest BCUT2D eigenvalue weighted by Crippen LogP contribution is -2.58. The van der Waals surface area contributed by atoms with Crippen LogP contribution in [0.15, 0.2) is 0 Å². The number of piperazine rings is 1. The third kappa shape index (κ3) is 3.48. The molecular weight excluding hydrogens is 206 g/mol. The van der Waals surface area contributed by atoms with Crippen LogP contribution in [0, 0.1) is 5.92 Å². The van der Waals surface area contributed by atoms with E-state index >= 15 is 0 Å². The minimum atomic E-state index is -0.272. The molecule has 2 unspecified atom stereocenters. The normalized spacial score (nSPS) is 22.4. The molecule has 5 nitrogen and oxygen atoms in total. The number of rotatable bonds is 4. The van der Waals surface area contributed by atoms with Crippen molar-refractivity contribution in [2.24, 2.45) is 5.92 Å². The first kappa shape index (κ1) is 13.0. The second-order valence-corrected chi connectivity index (χ2v) is 4.47. The van der Waals surface area contributed by atoms with Gasteiger partial charge in [0, 0.05) is 20.1 Å². The summed E-state index contributed by atoms with van der Waals surface area (Å²) in [5.41, 5.74) is 0. The SMILES string of the molecule is CCC(C)CN(C)C(=O)C1CNC(=O)CN1. The number of nitrogens with one attached hydrogen (secondary N) is 2. The minimum Gasteiger partial charge on any atom is -0.353 e. The van der Waals surface area contributed by atoms with Crippen molar-refractivity contribution < 1.29 is 9.59 Å². The van der Waals surface area contributed by atoms with Crippen LogP contribution in [0.5, 0.6) is 0 Å². The predicted molar refractivity (Wildman–Crippen MR) is 61.9 cm³/mol. The topological polar surface area (TPSA) is 61.4 Å². The fraction of sp³-hybridized carbons (Fsp3) is 0.818. The molecular formula is C11H21N3O2. The molecule has 16 heavy (non-hydrogen) atoms. The lowest BCUT2D eigenvalue weighted by molar-refractivity contribution is -0.134. The molecule has 5 heteroatoms. The van der Waals surface area contributed by atoms with Crippen molar-refractivity contribution >= 4 is 11.8 Å². The molecule has 1 heterocycles. The molecule has 1 aliphatic heterocycles. The van der Waals surface area contributed by atoms with E-state index in [1.165, 1.54) is 0 Å². The number of likely N-dealkylation sites (N-methyl/N-ethyl adjacent to an activating group) is 1. The first-order valence-electron chi connectivity index (χ1n) is 5.79. The molecule has 0 spiro atoms. The van der Waals surface area contributed by atoms with E-state index in [1.807, 2.05) is 7.05 Å². The van der Waals surface area contributed by atoms with Crippen LogP contribution in [0.25, 0.3) is 0 Å². The molecule has 1 fully saturated rings. The molecule has 0 bridgehead atoms. The van der Waals surface area contributed by atoms with Crippen molar-refractivity contribution in [3.63, 3.8) is 0 Å². The van der Waals surface area contributed by atoms with Gasteiger partial charge in [-0.1, -0.05) is 20.3 Å². The molecule has 0 radical (unpaired) electrons. The van der Waals surface area contributed by atoms with Gasteiger partial charge in [-0.2, -0.15) is 0 Å². The summed E-state index contributed by atoms with van der Waals surface area (Å²) in [6.45, 7) is 5.62. The number of hydrogen-bond acceptors (Lipinski definition) is 3. The number of hydrogen-bond donors (Lipinski definition) is 2. The maximum Gasteiger partial charge on any atom is 0.241 e. The van der Waals surface area contributed by atoms with E-state index in [9.17, 15) is 9.59 Å². The van der Waals surface area contributed by atoms with Crippen LogP contribution in [-0.2, 0) is 9.59 Å². The zero-order chi connectivity index (χ0) is 12.1. The van der Waals surface area contributed by atoms with E-state index in [-0.39, 0.29) is 24.4 Å². The van der Waals surface area contributed by atoms with Crippen LogP contribution in [0.1, 0.15) is 20.3 Å². The molecule has 1 rings (SSSR count). The Hall–Kier alpha value is -1.10. The van der Waals surface area contributed by atoms with Crippen molar-refractivity contribution in [3.05, 3.63) is 0 Å². The zero-order valence-electron chi connectivity index (χ0n) is 10.2. The Morgan fingerprint density at radius 1 is 1.62 bits per heavy atom. The van der Waals surface area contributed by atoms with E-state index in [4.69, 9.17) is 0 Å². The fourth-order valence-electron chi connectivity index (χ4n) is 1.69. The van der Waals surface area contributed by atoms with Crippen molar-refractivity contribution in [1.29, 1.82) is 0 Å². The Balaban J connectivity index is 2.41. The van der Waals surface area contributed by atoms with Crippen molar-refractivity contribution in [1.82, 2.24) is 15.5 Å². The van der Waals surface area contributed by atoms with Crippen LogP contribution in [0.4, 0.5) is 0 Å². The lowest BCUT2D eigenvalue weighted by atomic mass is 10.1. The standard InChI is InChI=1S/C11H21N3O2/c1-4-8(2)7-14(3)11(16)9-5-13-10(15)6-12-9/h8-9,12H,4-7H2,1-3H3,(H,13,15). The zero-order valence-corrected chi connectivity index (χ0v) is 10.2. The van der Waals surface area contributed by atoms with Gasteiger partial charge in [0.2, 0.25) is 11.8 Å². The van der Waals surface area contributed by atoms with Crippen molar-refractivity contribution in [2.75, 3.05) is 26.7 Å². The summed E-state index contributed by atoms with van der Waals surface area (Å²) in [5, 5.41) is 5.62. The highest BCUT2D eigenvalue weighted by molar-refractivity contribution is 5.86. The number of carbonyl (C=O) groups excluding carboxylic acids is 2. The largest absolute Gasteiger partial charge is 0.353 e. The first-order valence-corrected chi connectivity index (χ1v) is 5.79. The van der Waals surface area contributed by atoms with E-state index < -0.39 is 0 Å². The van der Waals surface area contributed by atoms with Gasteiger partial charge in [-0.3, -0.25) is 14.9 Å². The van der Waals surface area contributed by atoms with Gasteiger partial charge < -0.3 is 10.2 Å². The van der Waals surface area contributed by atoms with Gasteiger partial charge in [0.15, 0.2) is 0 Å². The number of nitrogens with zero attached hydrogens (tertiary/aromatic N) is 1. The van der Waals surface area contributed by atoms with Gasteiger partial charge in [0.1, 0.15) is 6.04 Å². The molecule has 1 aliphatic rings. The maximum absolute atomic E-state index is 12.0. The van der Waals surface area contributed by atoms with Crippen LogP contribution in [0.2, 0.25) is 0 Å². The Labute approximate surface area is 96.6 Å². The Bertz CT molecular complexity index is 258. The Kier molecular flexibility index (Phi) is 4.73. The molecule has 92 valence electrons. The minimum absolute atomic E-state index is 0.0476. The molecule has 0 aromatic carbocycles. The highest BCUT2D eigenvalue weighted by Gasteiger charge is 2.26. The fourth-order valence-corrected chi connectivity index (χ4v) is 1.69. The highest BCUT2D eigenvalue weighted by atomic mass is 16.2. The molecule has 2 amide bonds. The lowest BCUT2D eigenvalue weighted by Gasteiger charge is -2.29. The first-order chi connectivity index (χ1) is 7.54. The molecule has 0 aromatic heterocycles. The molecule has 0 saturated carbocycles. The van der Waals surface area contributed by atoms with Gasteiger partial charge in [0.25, 0.3) is 0 Å². The summed E-state index contributed by atoms with van der Waals surface area (Å²) < 4.78 is 0. The average molecular weight is 227 g/mol. The monoisotopic (exact) mass is 227 g/mol. The predicted octanol–water partition coefficient (Wildman–Crippen LogP) is -0.421. The summed E-state index contributed by atoms with van der Waals surface area (Å²) in [4.78, 5) is 24.6. The van der Waals surface area contributed by atoms with Gasteiger partial charge in [0.05, 0.1) is 6.54 Å². The quantitative estimate of drug-likeness (QED) is 0.685. The molecule has 2 atom stereocenters. The van der Waals surface area contributed by atoms with E-state index in [1.54, 1.807) is 4.90 Å². The summed E-state index contributed by atoms with van der Waals surface area (Å²) in [6.07, 6.45) is 1.06. The summed E-state index contributed by atoms with van der Waals surface area (Å²) >= 11 is 0. The molecule has 0 aromatic rings. The maximum atomic E-state index is 12.0. The number of amides is 2. The summed E-state index contributed by atoms with van der Waals surface area (Å²) in [5.74, 6) is 0.515. The molecule has 0 aliphatic carbocycles. The average Bonchev–Trinajstić information content (AvgIpc) is 2.28. The van der Waals surface area contributed by atoms with Gasteiger partial charge in [-0.25, -0.2) is 0 Å². The van der Waals surface area contributed by atoms with Crippen molar-refractivity contribution in [3.8, 4) is 0 Å². The summed E-state index contributed by atoms with van der Waals surface area (Å²) in [6, 6.07) is -0.272. The third-order valence-electron chi connectivity index (χ3n) is 2.97. The second-order valence-electron chi connectivity index (χ2n) is 4.47. The van der Waals surface area contributed by atoms with E-state index in [2.05, 4.69) is 24.5 Å².